The Hall–Kier alpha value is -1.84. The fourth-order valence-corrected chi connectivity index (χ4v) is 1.31. The maximum absolute atomic E-state index is 13.0. The van der Waals surface area contributed by atoms with E-state index < -0.39 is 0 Å². The molecule has 0 aromatic heterocycles. The van der Waals surface area contributed by atoms with Crippen LogP contribution in [0.15, 0.2) is 30.9 Å². The van der Waals surface area contributed by atoms with Gasteiger partial charge in [-0.25, -0.2) is 4.39 Å². The normalized spacial score (nSPS) is 9.62. The molecule has 86 valence electrons. The van der Waals surface area contributed by atoms with Gasteiger partial charge in [-0.3, -0.25) is 4.79 Å². The fraction of sp³-hybridized carbons (Fsp3) is 0.250. The number of carbonyl (C=O) groups excluding carboxylic acids is 1. The summed E-state index contributed by atoms with van der Waals surface area (Å²) in [7, 11) is 1.48. The molecule has 0 bridgehead atoms. The molecule has 0 spiro atoms. The first-order chi connectivity index (χ1) is 7.67. The number of amides is 1. The van der Waals surface area contributed by atoms with E-state index in [0.29, 0.717) is 17.9 Å². The van der Waals surface area contributed by atoms with Crippen molar-refractivity contribution in [2.75, 3.05) is 13.7 Å². The second kappa shape index (κ2) is 5.90. The predicted octanol–water partition coefficient (Wildman–Crippen LogP) is 1.68. The number of nitrogens with one attached hydrogen (secondary N) is 1. The van der Waals surface area contributed by atoms with Crippen LogP contribution in [-0.4, -0.2) is 19.6 Å². The highest BCUT2D eigenvalue weighted by atomic mass is 19.1. The van der Waals surface area contributed by atoms with Gasteiger partial charge in [0.05, 0.1) is 13.5 Å². The van der Waals surface area contributed by atoms with Crippen LogP contribution >= 0.6 is 0 Å². The number of rotatable bonds is 5. The SMILES string of the molecule is C=CCNC(=O)Cc1cc(F)ccc1OC. The third-order valence-corrected chi connectivity index (χ3v) is 2.04. The predicted molar refractivity (Wildman–Crippen MR) is 59.9 cm³/mol. The molecule has 3 nitrogen and oxygen atoms in total. The van der Waals surface area contributed by atoms with Gasteiger partial charge in [0.2, 0.25) is 5.91 Å². The van der Waals surface area contributed by atoms with E-state index in [-0.39, 0.29) is 18.1 Å². The van der Waals surface area contributed by atoms with E-state index in [1.165, 1.54) is 25.3 Å². The molecule has 1 aromatic carbocycles. The van der Waals surface area contributed by atoms with Crippen LogP contribution < -0.4 is 10.1 Å². The molecule has 16 heavy (non-hydrogen) atoms. The van der Waals surface area contributed by atoms with Gasteiger partial charge in [-0.1, -0.05) is 6.08 Å². The van der Waals surface area contributed by atoms with Gasteiger partial charge in [0.15, 0.2) is 0 Å². The minimum atomic E-state index is -0.382. The maximum atomic E-state index is 13.0. The van der Waals surface area contributed by atoms with Crippen LogP contribution in [0.25, 0.3) is 0 Å². The van der Waals surface area contributed by atoms with Crippen molar-refractivity contribution < 1.29 is 13.9 Å². The third-order valence-electron chi connectivity index (χ3n) is 2.04. The Morgan fingerprint density at radius 3 is 3.00 bits per heavy atom. The van der Waals surface area contributed by atoms with Crippen LogP contribution in [0.1, 0.15) is 5.56 Å². The second-order valence-electron chi connectivity index (χ2n) is 3.23. The zero-order valence-corrected chi connectivity index (χ0v) is 9.13. The molecular weight excluding hydrogens is 209 g/mol. The van der Waals surface area contributed by atoms with Gasteiger partial charge in [-0.15, -0.1) is 6.58 Å². The van der Waals surface area contributed by atoms with Crippen molar-refractivity contribution in [1.29, 1.82) is 0 Å². The van der Waals surface area contributed by atoms with Gasteiger partial charge in [-0.2, -0.15) is 0 Å². The van der Waals surface area contributed by atoms with Gasteiger partial charge in [0.1, 0.15) is 11.6 Å². The largest absolute Gasteiger partial charge is 0.496 e. The Balaban J connectivity index is 2.74. The van der Waals surface area contributed by atoms with Crippen LogP contribution in [0, 0.1) is 5.82 Å². The van der Waals surface area contributed by atoms with E-state index in [4.69, 9.17) is 4.74 Å². The Kier molecular flexibility index (Phi) is 4.51. The molecule has 1 amide bonds. The first-order valence-electron chi connectivity index (χ1n) is 4.87. The molecule has 0 radical (unpaired) electrons. The molecule has 0 atom stereocenters. The Morgan fingerprint density at radius 2 is 2.38 bits per heavy atom. The molecule has 1 N–H and O–H groups in total. The quantitative estimate of drug-likeness (QED) is 0.771. The van der Waals surface area contributed by atoms with Crippen molar-refractivity contribution in [3.05, 3.63) is 42.2 Å². The van der Waals surface area contributed by atoms with Crippen molar-refractivity contribution in [2.45, 2.75) is 6.42 Å². The highest BCUT2D eigenvalue weighted by molar-refractivity contribution is 5.79. The number of benzene rings is 1. The molecule has 0 heterocycles. The van der Waals surface area contributed by atoms with Gasteiger partial charge in [0.25, 0.3) is 0 Å². The first kappa shape index (κ1) is 12.2. The van der Waals surface area contributed by atoms with Crippen LogP contribution in [-0.2, 0) is 11.2 Å². The molecule has 0 aliphatic rings. The maximum Gasteiger partial charge on any atom is 0.224 e. The lowest BCUT2D eigenvalue weighted by Crippen LogP contribution is -2.25. The minimum absolute atomic E-state index is 0.0920. The number of methoxy groups -OCH3 is 1. The smallest absolute Gasteiger partial charge is 0.224 e. The van der Waals surface area contributed by atoms with Crippen molar-refractivity contribution >= 4 is 5.91 Å². The average Bonchev–Trinajstić information content (AvgIpc) is 2.27. The van der Waals surface area contributed by atoms with Crippen molar-refractivity contribution in [2.24, 2.45) is 0 Å². The molecule has 0 aliphatic heterocycles. The number of halogens is 1. The fourth-order valence-electron chi connectivity index (χ4n) is 1.31. The van der Waals surface area contributed by atoms with Crippen LogP contribution in [0.4, 0.5) is 4.39 Å². The monoisotopic (exact) mass is 223 g/mol. The lowest BCUT2D eigenvalue weighted by atomic mass is 10.1. The number of ether oxygens (including phenoxy) is 1. The second-order valence-corrected chi connectivity index (χ2v) is 3.23. The summed E-state index contributed by atoms with van der Waals surface area (Å²) in [5.74, 6) is -0.0636. The minimum Gasteiger partial charge on any atom is -0.496 e. The van der Waals surface area contributed by atoms with Crippen molar-refractivity contribution in [3.8, 4) is 5.75 Å². The van der Waals surface area contributed by atoms with E-state index in [2.05, 4.69) is 11.9 Å². The van der Waals surface area contributed by atoms with Gasteiger partial charge in [-0.05, 0) is 18.2 Å². The van der Waals surface area contributed by atoms with E-state index in [9.17, 15) is 9.18 Å². The zero-order valence-electron chi connectivity index (χ0n) is 9.13. The summed E-state index contributed by atoms with van der Waals surface area (Å²) in [5.41, 5.74) is 0.532. The zero-order chi connectivity index (χ0) is 12.0. The average molecular weight is 223 g/mol. The van der Waals surface area contributed by atoms with Crippen LogP contribution in [0.3, 0.4) is 0 Å². The lowest BCUT2D eigenvalue weighted by molar-refractivity contribution is -0.120. The Morgan fingerprint density at radius 1 is 1.62 bits per heavy atom. The van der Waals surface area contributed by atoms with Crippen LogP contribution in [0.2, 0.25) is 0 Å². The Labute approximate surface area is 93.9 Å². The molecule has 0 saturated carbocycles. The summed E-state index contributed by atoms with van der Waals surface area (Å²) in [6.07, 6.45) is 1.68. The number of hydrogen-bond donors (Lipinski definition) is 1. The summed E-state index contributed by atoms with van der Waals surface area (Å²) in [6.45, 7) is 3.89. The first-order valence-corrected chi connectivity index (χ1v) is 4.87. The summed E-state index contributed by atoms with van der Waals surface area (Å²) in [6, 6.07) is 4.10. The standard InChI is InChI=1S/C12H14FNO2/c1-3-6-14-12(15)8-9-7-10(13)4-5-11(9)16-2/h3-5,7H,1,6,8H2,2H3,(H,14,15). The van der Waals surface area contributed by atoms with E-state index in [1.807, 2.05) is 0 Å². The number of carbonyl (C=O) groups is 1. The lowest BCUT2D eigenvalue weighted by Gasteiger charge is -2.08. The molecule has 0 aliphatic carbocycles. The van der Waals surface area contributed by atoms with Crippen molar-refractivity contribution in [1.82, 2.24) is 5.32 Å². The molecule has 1 rings (SSSR count). The van der Waals surface area contributed by atoms with Gasteiger partial charge in [0, 0.05) is 12.1 Å². The molecular formula is C12H14FNO2. The molecule has 0 unspecified atom stereocenters. The van der Waals surface area contributed by atoms with E-state index in [0.717, 1.165) is 0 Å². The molecule has 4 heteroatoms. The molecule has 0 saturated heterocycles. The summed E-state index contributed by atoms with van der Waals surface area (Å²) in [4.78, 5) is 11.4. The van der Waals surface area contributed by atoms with Crippen LogP contribution in [0.5, 0.6) is 5.75 Å². The van der Waals surface area contributed by atoms with Crippen molar-refractivity contribution in [3.63, 3.8) is 0 Å². The summed E-state index contributed by atoms with van der Waals surface area (Å²) >= 11 is 0. The van der Waals surface area contributed by atoms with E-state index in [1.54, 1.807) is 6.08 Å². The topological polar surface area (TPSA) is 38.3 Å². The summed E-state index contributed by atoms with van der Waals surface area (Å²) < 4.78 is 18.0. The molecule has 1 aromatic rings. The highest BCUT2D eigenvalue weighted by Gasteiger charge is 2.09. The van der Waals surface area contributed by atoms with E-state index >= 15 is 0 Å². The third kappa shape index (κ3) is 3.38. The van der Waals surface area contributed by atoms with Gasteiger partial charge < -0.3 is 10.1 Å². The Bertz CT molecular complexity index is 391. The summed E-state index contributed by atoms with van der Waals surface area (Å²) in [5, 5.41) is 2.62. The highest BCUT2D eigenvalue weighted by Crippen LogP contribution is 2.19. The molecule has 0 fully saturated rings. The van der Waals surface area contributed by atoms with Gasteiger partial charge >= 0.3 is 0 Å². The number of hydrogen-bond acceptors (Lipinski definition) is 2.